The molecule has 0 N–H and O–H groups in total. The summed E-state index contributed by atoms with van der Waals surface area (Å²) in [5.74, 6) is -1.19. The molecule has 186 valence electrons. The van der Waals surface area contributed by atoms with Gasteiger partial charge in [0, 0.05) is 19.0 Å². The lowest BCUT2D eigenvalue weighted by molar-refractivity contribution is -0.123. The van der Waals surface area contributed by atoms with Gasteiger partial charge in [0.1, 0.15) is 10.7 Å². The Hall–Kier alpha value is -3.14. The number of piperidine rings is 1. The molecule has 0 spiro atoms. The topological polar surface area (TPSA) is 70.6 Å². The van der Waals surface area contributed by atoms with Crippen LogP contribution in [0.3, 0.4) is 0 Å². The van der Waals surface area contributed by atoms with Crippen molar-refractivity contribution in [1.82, 2.24) is 9.29 Å². The number of halogens is 1. The molecule has 1 fully saturated rings. The number of carbonyl (C=O) groups is 1. The number of carbonyl (C=O) groups excluding carboxylic acids is 1. The van der Waals surface area contributed by atoms with Gasteiger partial charge < -0.3 is 0 Å². The van der Waals surface area contributed by atoms with Crippen LogP contribution in [0.1, 0.15) is 24.0 Å². The fourth-order valence-electron chi connectivity index (χ4n) is 4.50. The van der Waals surface area contributed by atoms with Gasteiger partial charge in [-0.25, -0.2) is 17.8 Å². The second-order valence-electron chi connectivity index (χ2n) is 8.99. The molecule has 6 nitrogen and oxygen atoms in total. The van der Waals surface area contributed by atoms with Gasteiger partial charge in [-0.05, 0) is 55.2 Å². The van der Waals surface area contributed by atoms with Gasteiger partial charge in [0.05, 0.1) is 16.8 Å². The van der Waals surface area contributed by atoms with Gasteiger partial charge in [0.15, 0.2) is 5.13 Å². The number of benzene rings is 3. The van der Waals surface area contributed by atoms with Crippen LogP contribution >= 0.6 is 11.3 Å². The van der Waals surface area contributed by atoms with E-state index in [1.54, 1.807) is 4.90 Å². The van der Waals surface area contributed by atoms with Gasteiger partial charge in [-0.2, -0.15) is 4.31 Å². The largest absolute Gasteiger partial charge is 0.283 e. The number of aromatic nitrogens is 1. The van der Waals surface area contributed by atoms with Crippen LogP contribution in [-0.4, -0.2) is 36.7 Å². The summed E-state index contributed by atoms with van der Waals surface area (Å²) < 4.78 is 42.5. The van der Waals surface area contributed by atoms with E-state index in [4.69, 9.17) is 4.98 Å². The summed E-state index contributed by atoms with van der Waals surface area (Å²) in [5, 5.41) is 0.630. The van der Waals surface area contributed by atoms with Gasteiger partial charge in [-0.1, -0.05) is 59.9 Å². The highest BCUT2D eigenvalue weighted by Crippen LogP contribution is 2.33. The van der Waals surface area contributed by atoms with E-state index in [2.05, 4.69) is 6.07 Å². The monoisotopic (exact) mass is 523 g/mol. The molecule has 0 atom stereocenters. The van der Waals surface area contributed by atoms with Gasteiger partial charge in [-0.15, -0.1) is 0 Å². The fourth-order valence-corrected chi connectivity index (χ4v) is 7.10. The van der Waals surface area contributed by atoms with Crippen LogP contribution in [-0.2, 0) is 21.4 Å². The smallest absolute Gasteiger partial charge is 0.245 e. The van der Waals surface area contributed by atoms with Crippen molar-refractivity contribution in [2.75, 3.05) is 18.0 Å². The van der Waals surface area contributed by atoms with Crippen molar-refractivity contribution < 1.29 is 17.6 Å². The number of rotatable bonds is 6. The number of hydrogen-bond acceptors (Lipinski definition) is 5. The highest BCUT2D eigenvalue weighted by molar-refractivity contribution is 7.89. The molecule has 9 heteroatoms. The first kappa shape index (κ1) is 24.5. The molecule has 5 rings (SSSR count). The normalized spacial score (nSPS) is 15.3. The van der Waals surface area contributed by atoms with Gasteiger partial charge >= 0.3 is 0 Å². The Morgan fingerprint density at radius 3 is 2.47 bits per heavy atom. The van der Waals surface area contributed by atoms with Crippen LogP contribution in [0.15, 0.2) is 77.7 Å². The Kier molecular flexibility index (Phi) is 6.87. The molecule has 1 aliphatic heterocycles. The third-order valence-corrected chi connectivity index (χ3v) is 9.44. The Bertz CT molecular complexity index is 1500. The summed E-state index contributed by atoms with van der Waals surface area (Å²) in [5.41, 5.74) is 2.96. The zero-order valence-electron chi connectivity index (χ0n) is 19.8. The number of amides is 1. The molecular formula is C27H26FN3O3S2. The molecule has 36 heavy (non-hydrogen) atoms. The molecule has 0 aliphatic carbocycles. The van der Waals surface area contributed by atoms with E-state index in [0.29, 0.717) is 24.5 Å². The maximum Gasteiger partial charge on any atom is 0.245 e. The third-order valence-electron chi connectivity index (χ3n) is 6.47. The maximum absolute atomic E-state index is 14.2. The lowest BCUT2D eigenvalue weighted by Gasteiger charge is -2.33. The number of aryl methyl sites for hydroxylation is 1. The number of anilines is 1. The highest BCUT2D eigenvalue weighted by Gasteiger charge is 2.36. The molecule has 0 bridgehead atoms. The van der Waals surface area contributed by atoms with E-state index in [-0.39, 0.29) is 29.8 Å². The summed E-state index contributed by atoms with van der Waals surface area (Å²) in [6.45, 7) is 2.72. The average Bonchev–Trinajstić information content (AvgIpc) is 3.30. The lowest BCUT2D eigenvalue weighted by atomic mass is 9.96. The Morgan fingerprint density at radius 2 is 1.75 bits per heavy atom. The van der Waals surface area contributed by atoms with Crippen molar-refractivity contribution in [2.24, 2.45) is 5.92 Å². The summed E-state index contributed by atoms with van der Waals surface area (Å²) in [6, 6.07) is 21.2. The van der Waals surface area contributed by atoms with Crippen molar-refractivity contribution in [2.45, 2.75) is 31.2 Å². The Balaban J connectivity index is 1.38. The molecule has 0 radical (unpaired) electrons. The minimum atomic E-state index is -3.96. The lowest BCUT2D eigenvalue weighted by Crippen LogP contribution is -2.44. The molecule has 0 saturated carbocycles. The molecule has 4 aromatic rings. The van der Waals surface area contributed by atoms with Crippen LogP contribution in [0.5, 0.6) is 0 Å². The predicted octanol–water partition coefficient (Wildman–Crippen LogP) is 5.38. The first-order valence-corrected chi connectivity index (χ1v) is 14.1. The summed E-state index contributed by atoms with van der Waals surface area (Å²) >= 11 is 1.48. The van der Waals surface area contributed by atoms with Crippen LogP contribution < -0.4 is 4.90 Å². The van der Waals surface area contributed by atoms with Crippen molar-refractivity contribution >= 4 is 42.6 Å². The number of thiazole rings is 1. The van der Waals surface area contributed by atoms with Gasteiger partial charge in [-0.3, -0.25) is 9.69 Å². The number of fused-ring (bicyclic) bond motifs is 1. The van der Waals surface area contributed by atoms with E-state index in [9.17, 15) is 17.6 Å². The standard InChI is InChI=1S/C27H26FN3O3S2/c1-19-11-12-23-24(17-19)35-27(29-23)31(18-20-7-3-2-4-8-20)26(32)21-13-15-30(16-14-21)36(33,34)25-10-6-5-9-22(25)28/h2-12,17,21H,13-16,18H2,1H3. The average molecular weight is 524 g/mol. The van der Waals surface area contributed by atoms with Gasteiger partial charge in [0.25, 0.3) is 0 Å². The number of hydrogen-bond donors (Lipinski definition) is 0. The van der Waals surface area contributed by atoms with Gasteiger partial charge in [0.2, 0.25) is 15.9 Å². The van der Waals surface area contributed by atoms with Crippen molar-refractivity contribution in [3.8, 4) is 0 Å². The number of sulfonamides is 1. The van der Waals surface area contributed by atoms with Crippen LogP contribution in [0, 0.1) is 18.7 Å². The van der Waals surface area contributed by atoms with Crippen LogP contribution in [0.4, 0.5) is 9.52 Å². The third kappa shape index (κ3) is 4.91. The first-order chi connectivity index (χ1) is 17.3. The zero-order chi connectivity index (χ0) is 25.3. The molecule has 0 unspecified atom stereocenters. The Morgan fingerprint density at radius 1 is 1.06 bits per heavy atom. The van der Waals surface area contributed by atoms with Crippen LogP contribution in [0.25, 0.3) is 10.2 Å². The second-order valence-corrected chi connectivity index (χ2v) is 11.9. The molecular weight excluding hydrogens is 497 g/mol. The second kappa shape index (κ2) is 10.1. The van der Waals surface area contributed by atoms with E-state index in [1.165, 1.54) is 33.8 Å². The fraction of sp³-hybridized carbons (Fsp3) is 0.259. The zero-order valence-corrected chi connectivity index (χ0v) is 21.4. The highest BCUT2D eigenvalue weighted by atomic mass is 32.2. The predicted molar refractivity (Wildman–Crippen MR) is 140 cm³/mol. The maximum atomic E-state index is 14.2. The molecule has 1 aliphatic rings. The first-order valence-electron chi connectivity index (χ1n) is 11.8. The minimum Gasteiger partial charge on any atom is -0.283 e. The minimum absolute atomic E-state index is 0.0717. The van der Waals surface area contributed by atoms with E-state index < -0.39 is 15.8 Å². The van der Waals surface area contributed by atoms with Crippen LogP contribution in [0.2, 0.25) is 0 Å². The van der Waals surface area contributed by atoms with Crippen molar-refractivity contribution in [1.29, 1.82) is 0 Å². The van der Waals surface area contributed by atoms with Crippen molar-refractivity contribution in [3.05, 3.63) is 89.7 Å². The molecule has 1 aromatic heterocycles. The SMILES string of the molecule is Cc1ccc2nc(N(Cc3ccccc3)C(=O)C3CCN(S(=O)(=O)c4ccccc4F)CC3)sc2c1. The quantitative estimate of drug-likeness (QED) is 0.340. The number of nitrogens with zero attached hydrogens (tertiary/aromatic N) is 3. The van der Waals surface area contributed by atoms with E-state index >= 15 is 0 Å². The Labute approximate surface area is 214 Å². The molecule has 2 heterocycles. The van der Waals surface area contributed by atoms with E-state index in [0.717, 1.165) is 27.4 Å². The molecule has 3 aromatic carbocycles. The van der Waals surface area contributed by atoms with E-state index in [1.807, 2.05) is 49.4 Å². The summed E-state index contributed by atoms with van der Waals surface area (Å²) in [7, 11) is -3.96. The summed E-state index contributed by atoms with van der Waals surface area (Å²) in [4.78, 5) is 19.9. The summed E-state index contributed by atoms with van der Waals surface area (Å²) in [6.07, 6.45) is 0.726. The van der Waals surface area contributed by atoms with Crippen molar-refractivity contribution in [3.63, 3.8) is 0 Å². The molecule has 1 amide bonds. The molecule has 1 saturated heterocycles.